The number of amides is 1. The van der Waals surface area contributed by atoms with Crippen molar-refractivity contribution in [2.45, 2.75) is 18.5 Å². The third-order valence-corrected chi connectivity index (χ3v) is 7.10. The first-order valence-corrected chi connectivity index (χ1v) is 11.5. The standard InChI is InChI=1S/C27H21N3O3S/c1-33-26(32)17-11-13-18(14-12-17)29-25(31)22-15-20-19-9-5-6-10-21(19)28-23(20)24(30(22)27(29)34)16-7-3-2-4-8-16/h2-14,22,24,28H,15H2,1H3. The maximum atomic E-state index is 13.8. The first-order valence-electron chi connectivity index (χ1n) is 11.1. The predicted molar refractivity (Wildman–Crippen MR) is 134 cm³/mol. The van der Waals surface area contributed by atoms with Crippen molar-refractivity contribution in [2.75, 3.05) is 12.0 Å². The number of anilines is 1. The van der Waals surface area contributed by atoms with Crippen LogP contribution < -0.4 is 4.90 Å². The van der Waals surface area contributed by atoms with E-state index in [9.17, 15) is 9.59 Å². The fourth-order valence-corrected chi connectivity index (χ4v) is 5.59. The number of fused-ring (bicyclic) bond motifs is 4. The van der Waals surface area contributed by atoms with Crippen LogP contribution in [0.4, 0.5) is 5.69 Å². The molecule has 1 saturated heterocycles. The summed E-state index contributed by atoms with van der Waals surface area (Å²) >= 11 is 5.92. The molecular formula is C27H21N3O3S. The number of aromatic nitrogens is 1. The summed E-state index contributed by atoms with van der Waals surface area (Å²) in [5.74, 6) is -0.485. The maximum Gasteiger partial charge on any atom is 0.337 e. The van der Waals surface area contributed by atoms with Crippen molar-refractivity contribution in [1.29, 1.82) is 0 Å². The number of carbonyl (C=O) groups is 2. The third-order valence-electron chi connectivity index (χ3n) is 6.71. The highest BCUT2D eigenvalue weighted by Crippen LogP contribution is 2.44. The van der Waals surface area contributed by atoms with E-state index in [0.717, 1.165) is 27.7 Å². The molecule has 6 nitrogen and oxygen atoms in total. The average Bonchev–Trinajstić information content (AvgIpc) is 3.37. The van der Waals surface area contributed by atoms with Crippen LogP contribution in [0.25, 0.3) is 10.9 Å². The van der Waals surface area contributed by atoms with Crippen LogP contribution in [0.2, 0.25) is 0 Å². The summed E-state index contributed by atoms with van der Waals surface area (Å²) in [7, 11) is 1.34. The molecule has 168 valence electrons. The van der Waals surface area contributed by atoms with Gasteiger partial charge in [-0.15, -0.1) is 0 Å². The molecule has 1 aromatic heterocycles. The van der Waals surface area contributed by atoms with Gasteiger partial charge in [0.05, 0.1) is 24.4 Å². The molecule has 2 atom stereocenters. The molecule has 1 N–H and O–H groups in total. The van der Waals surface area contributed by atoms with Gasteiger partial charge in [0, 0.05) is 23.0 Å². The molecule has 2 aliphatic heterocycles. The summed E-state index contributed by atoms with van der Waals surface area (Å²) in [5.41, 5.74) is 5.41. The van der Waals surface area contributed by atoms with Crippen molar-refractivity contribution >= 4 is 45.8 Å². The second-order valence-corrected chi connectivity index (χ2v) is 8.86. The van der Waals surface area contributed by atoms with E-state index >= 15 is 0 Å². The largest absolute Gasteiger partial charge is 0.465 e. The molecular weight excluding hydrogens is 446 g/mol. The molecule has 6 rings (SSSR count). The van der Waals surface area contributed by atoms with Crippen LogP contribution in [0, 0.1) is 0 Å². The fraction of sp³-hybridized carbons (Fsp3) is 0.148. The van der Waals surface area contributed by atoms with Gasteiger partial charge in [-0.05, 0) is 53.7 Å². The Morgan fingerprint density at radius 1 is 1.00 bits per heavy atom. The van der Waals surface area contributed by atoms with Crippen LogP contribution in [-0.2, 0) is 16.0 Å². The highest BCUT2D eigenvalue weighted by Gasteiger charge is 2.50. The fourth-order valence-electron chi connectivity index (χ4n) is 5.16. The topological polar surface area (TPSA) is 65.6 Å². The molecule has 7 heteroatoms. The highest BCUT2D eigenvalue weighted by molar-refractivity contribution is 7.80. The number of carbonyl (C=O) groups excluding carboxylic acids is 2. The van der Waals surface area contributed by atoms with E-state index in [-0.39, 0.29) is 11.9 Å². The number of rotatable bonds is 3. The van der Waals surface area contributed by atoms with Gasteiger partial charge in [-0.1, -0.05) is 48.5 Å². The summed E-state index contributed by atoms with van der Waals surface area (Å²) in [6, 6.07) is 24.5. The Hall–Kier alpha value is -3.97. The molecule has 1 fully saturated rings. The van der Waals surface area contributed by atoms with E-state index in [1.54, 1.807) is 29.2 Å². The van der Waals surface area contributed by atoms with Crippen molar-refractivity contribution in [3.8, 4) is 0 Å². The maximum absolute atomic E-state index is 13.8. The van der Waals surface area contributed by atoms with Gasteiger partial charge in [-0.2, -0.15) is 0 Å². The lowest BCUT2D eigenvalue weighted by Gasteiger charge is -2.37. The molecule has 2 aliphatic rings. The third kappa shape index (κ3) is 2.97. The lowest BCUT2D eigenvalue weighted by molar-refractivity contribution is -0.120. The number of para-hydroxylation sites is 1. The molecule has 0 saturated carbocycles. The minimum atomic E-state index is -0.422. The molecule has 0 radical (unpaired) electrons. The van der Waals surface area contributed by atoms with Crippen LogP contribution in [0.1, 0.15) is 33.2 Å². The Bertz CT molecular complexity index is 1450. The van der Waals surface area contributed by atoms with E-state index < -0.39 is 12.0 Å². The summed E-state index contributed by atoms with van der Waals surface area (Å²) in [4.78, 5) is 32.9. The van der Waals surface area contributed by atoms with Crippen molar-refractivity contribution < 1.29 is 14.3 Å². The van der Waals surface area contributed by atoms with Gasteiger partial charge in [0.15, 0.2) is 5.11 Å². The monoisotopic (exact) mass is 467 g/mol. The Morgan fingerprint density at radius 3 is 2.44 bits per heavy atom. The lowest BCUT2D eigenvalue weighted by atomic mass is 9.89. The van der Waals surface area contributed by atoms with Gasteiger partial charge in [0.25, 0.3) is 5.91 Å². The summed E-state index contributed by atoms with van der Waals surface area (Å²) in [6.45, 7) is 0. The smallest absolute Gasteiger partial charge is 0.337 e. The molecule has 0 bridgehead atoms. The Kier molecular flexibility index (Phi) is 4.74. The van der Waals surface area contributed by atoms with Crippen molar-refractivity contribution in [2.24, 2.45) is 0 Å². The van der Waals surface area contributed by atoms with Crippen molar-refractivity contribution in [1.82, 2.24) is 9.88 Å². The first kappa shape index (κ1) is 20.6. The number of H-pyrrole nitrogens is 1. The molecule has 4 aromatic rings. The zero-order valence-corrected chi connectivity index (χ0v) is 19.2. The number of ether oxygens (including phenoxy) is 1. The molecule has 3 aromatic carbocycles. The minimum absolute atomic E-state index is 0.0623. The van der Waals surface area contributed by atoms with Crippen molar-refractivity contribution in [3.63, 3.8) is 0 Å². The SMILES string of the molecule is COC(=O)c1ccc(N2C(=O)C3Cc4c([nH]c5ccccc45)C(c4ccccc4)N3C2=S)cc1. The van der Waals surface area contributed by atoms with Gasteiger partial charge < -0.3 is 14.6 Å². The number of nitrogens with one attached hydrogen (secondary N) is 1. The number of benzene rings is 3. The average molecular weight is 468 g/mol. The lowest BCUT2D eigenvalue weighted by Crippen LogP contribution is -2.44. The van der Waals surface area contributed by atoms with Crippen LogP contribution >= 0.6 is 12.2 Å². The van der Waals surface area contributed by atoms with Crippen LogP contribution in [0.3, 0.4) is 0 Å². The summed E-state index contributed by atoms with van der Waals surface area (Å²) < 4.78 is 4.79. The number of methoxy groups -OCH3 is 1. The van der Waals surface area contributed by atoms with E-state index in [1.165, 1.54) is 7.11 Å². The number of thiocarbonyl (C=S) groups is 1. The predicted octanol–water partition coefficient (Wildman–Crippen LogP) is 4.60. The normalized spacial score (nSPS) is 19.3. The molecule has 0 aliphatic carbocycles. The number of hydrogen-bond acceptors (Lipinski definition) is 4. The molecule has 34 heavy (non-hydrogen) atoms. The molecule has 2 unspecified atom stereocenters. The number of esters is 1. The quantitative estimate of drug-likeness (QED) is 0.352. The summed E-state index contributed by atoms with van der Waals surface area (Å²) in [6.07, 6.45) is 0.568. The van der Waals surface area contributed by atoms with Crippen molar-refractivity contribution in [3.05, 3.63) is 101 Å². The zero-order chi connectivity index (χ0) is 23.4. The Morgan fingerprint density at radius 2 is 1.71 bits per heavy atom. The van der Waals surface area contributed by atoms with Crippen LogP contribution in [0.15, 0.2) is 78.9 Å². The highest BCUT2D eigenvalue weighted by atomic mass is 32.1. The van der Waals surface area contributed by atoms with Crippen LogP contribution in [0.5, 0.6) is 0 Å². The number of nitrogens with zero attached hydrogens (tertiary/aromatic N) is 2. The first-order chi connectivity index (χ1) is 16.6. The van der Waals surface area contributed by atoms with E-state index in [2.05, 4.69) is 34.1 Å². The van der Waals surface area contributed by atoms with E-state index in [1.807, 2.05) is 30.3 Å². The van der Waals surface area contributed by atoms with Gasteiger partial charge in [0.2, 0.25) is 0 Å². The molecule has 1 amide bonds. The van der Waals surface area contributed by atoms with Gasteiger partial charge in [0.1, 0.15) is 6.04 Å². The second kappa shape index (κ2) is 7.81. The van der Waals surface area contributed by atoms with Crippen LogP contribution in [-0.4, -0.2) is 40.0 Å². The van der Waals surface area contributed by atoms with E-state index in [0.29, 0.717) is 22.8 Å². The Labute approximate surface area is 201 Å². The Balaban J connectivity index is 1.47. The minimum Gasteiger partial charge on any atom is -0.465 e. The van der Waals surface area contributed by atoms with E-state index in [4.69, 9.17) is 17.0 Å². The van der Waals surface area contributed by atoms with Gasteiger partial charge in [-0.25, -0.2) is 4.79 Å². The molecule has 3 heterocycles. The van der Waals surface area contributed by atoms with Gasteiger partial charge >= 0.3 is 5.97 Å². The number of hydrogen-bond donors (Lipinski definition) is 1. The summed E-state index contributed by atoms with van der Waals surface area (Å²) in [5, 5.41) is 1.59. The zero-order valence-electron chi connectivity index (χ0n) is 18.4. The van der Waals surface area contributed by atoms with Gasteiger partial charge in [-0.3, -0.25) is 9.69 Å². The number of aromatic amines is 1. The molecule has 0 spiro atoms. The second-order valence-electron chi connectivity index (χ2n) is 8.50.